The maximum absolute atomic E-state index is 12.3. The number of rotatable bonds is 7. The van der Waals surface area contributed by atoms with E-state index >= 15 is 0 Å². The molecule has 0 saturated carbocycles. The van der Waals surface area contributed by atoms with Gasteiger partial charge in [0.2, 0.25) is 0 Å². The van der Waals surface area contributed by atoms with Crippen LogP contribution in [0.4, 0.5) is 5.69 Å². The van der Waals surface area contributed by atoms with Crippen LogP contribution in [0.5, 0.6) is 11.5 Å². The lowest BCUT2D eigenvalue weighted by molar-refractivity contribution is -0.119. The van der Waals surface area contributed by atoms with Crippen molar-refractivity contribution >= 4 is 17.6 Å². The fraction of sp³-hybridized carbons (Fsp3) is 0.389. The van der Waals surface area contributed by atoms with Crippen molar-refractivity contribution in [3.05, 3.63) is 35.2 Å². The first kappa shape index (κ1) is 19.3. The topological polar surface area (TPSA) is 99.9 Å². The van der Waals surface area contributed by atoms with Crippen LogP contribution in [0.15, 0.2) is 22.7 Å². The smallest absolute Gasteiger partial charge is 0.344 e. The predicted octanol–water partition coefficient (Wildman–Crippen LogP) is 2.92. The number of benzene rings is 1. The Morgan fingerprint density at radius 3 is 2.31 bits per heavy atom. The summed E-state index contributed by atoms with van der Waals surface area (Å²) in [5.74, 6) is 0.318. The van der Waals surface area contributed by atoms with Crippen molar-refractivity contribution in [2.75, 3.05) is 26.1 Å². The Labute approximate surface area is 151 Å². The Morgan fingerprint density at radius 2 is 1.77 bits per heavy atom. The molecule has 140 valence electrons. The van der Waals surface area contributed by atoms with Gasteiger partial charge in [0, 0.05) is 29.8 Å². The predicted molar refractivity (Wildman–Crippen MR) is 93.8 cm³/mol. The molecule has 2 aromatic rings. The molecule has 1 heterocycles. The zero-order valence-electron chi connectivity index (χ0n) is 15.4. The second kappa shape index (κ2) is 8.37. The van der Waals surface area contributed by atoms with E-state index in [0.717, 1.165) is 0 Å². The highest BCUT2D eigenvalue weighted by Gasteiger charge is 2.24. The Kier molecular flexibility index (Phi) is 6.21. The van der Waals surface area contributed by atoms with Gasteiger partial charge in [0.15, 0.2) is 12.4 Å². The van der Waals surface area contributed by atoms with Crippen molar-refractivity contribution in [2.24, 2.45) is 0 Å². The van der Waals surface area contributed by atoms with Gasteiger partial charge in [-0.3, -0.25) is 4.79 Å². The second-order valence-corrected chi connectivity index (χ2v) is 5.89. The maximum Gasteiger partial charge on any atom is 0.344 e. The van der Waals surface area contributed by atoms with E-state index in [0.29, 0.717) is 28.6 Å². The molecular formula is C18H22N2O6. The summed E-state index contributed by atoms with van der Waals surface area (Å²) in [5.41, 5.74) is 1.15. The number of hydrogen-bond donors (Lipinski definition) is 1. The van der Waals surface area contributed by atoms with Crippen molar-refractivity contribution < 1.29 is 28.3 Å². The number of esters is 1. The fourth-order valence-electron chi connectivity index (χ4n) is 2.31. The van der Waals surface area contributed by atoms with Gasteiger partial charge in [0.25, 0.3) is 5.91 Å². The summed E-state index contributed by atoms with van der Waals surface area (Å²) in [7, 11) is 3.02. The average molecular weight is 362 g/mol. The highest BCUT2D eigenvalue weighted by molar-refractivity contribution is 5.96. The number of carbonyl (C=O) groups excluding carboxylic acids is 2. The lowest BCUT2D eigenvalue weighted by Gasteiger charge is -2.10. The molecule has 2 rings (SSSR count). The number of amides is 1. The Balaban J connectivity index is 2.01. The van der Waals surface area contributed by atoms with Crippen LogP contribution >= 0.6 is 0 Å². The Bertz CT molecular complexity index is 775. The normalized spacial score (nSPS) is 10.5. The van der Waals surface area contributed by atoms with E-state index in [1.165, 1.54) is 14.2 Å². The number of methoxy groups -OCH3 is 2. The van der Waals surface area contributed by atoms with Crippen LogP contribution in [0.2, 0.25) is 0 Å². The molecule has 0 spiro atoms. The summed E-state index contributed by atoms with van der Waals surface area (Å²) >= 11 is 0. The van der Waals surface area contributed by atoms with Crippen LogP contribution in [0, 0.1) is 6.92 Å². The molecule has 26 heavy (non-hydrogen) atoms. The average Bonchev–Trinajstić information content (AvgIpc) is 3.01. The molecule has 0 bridgehead atoms. The highest BCUT2D eigenvalue weighted by atomic mass is 16.5. The van der Waals surface area contributed by atoms with Crippen LogP contribution < -0.4 is 14.8 Å². The molecule has 0 saturated heterocycles. The molecular weight excluding hydrogens is 340 g/mol. The minimum absolute atomic E-state index is 0.0307. The molecule has 1 amide bonds. The molecule has 8 nitrogen and oxygen atoms in total. The Hall–Kier alpha value is -3.03. The van der Waals surface area contributed by atoms with Gasteiger partial charge in [-0.25, -0.2) is 4.79 Å². The first-order chi connectivity index (χ1) is 12.3. The van der Waals surface area contributed by atoms with Gasteiger partial charge < -0.3 is 24.1 Å². The molecule has 0 aliphatic rings. The number of hydrogen-bond acceptors (Lipinski definition) is 7. The van der Waals surface area contributed by atoms with Gasteiger partial charge in [-0.05, 0) is 6.92 Å². The molecule has 0 aliphatic carbocycles. The van der Waals surface area contributed by atoms with Gasteiger partial charge >= 0.3 is 5.97 Å². The van der Waals surface area contributed by atoms with Crippen LogP contribution in [-0.4, -0.2) is 37.9 Å². The van der Waals surface area contributed by atoms with Gasteiger partial charge in [-0.2, -0.15) is 0 Å². The van der Waals surface area contributed by atoms with Crippen molar-refractivity contribution in [1.29, 1.82) is 0 Å². The van der Waals surface area contributed by atoms with E-state index < -0.39 is 18.5 Å². The summed E-state index contributed by atoms with van der Waals surface area (Å²) < 4.78 is 20.5. The second-order valence-electron chi connectivity index (χ2n) is 5.89. The Morgan fingerprint density at radius 1 is 1.15 bits per heavy atom. The SMILES string of the molecule is COc1cc(NC(=O)COC(=O)c2c(C)noc2C(C)C)cc(OC)c1. The van der Waals surface area contributed by atoms with E-state index in [9.17, 15) is 9.59 Å². The summed E-state index contributed by atoms with van der Waals surface area (Å²) in [6, 6.07) is 4.93. The van der Waals surface area contributed by atoms with E-state index in [-0.39, 0.29) is 11.5 Å². The van der Waals surface area contributed by atoms with Crippen molar-refractivity contribution in [3.63, 3.8) is 0 Å². The summed E-state index contributed by atoms with van der Waals surface area (Å²) in [4.78, 5) is 24.3. The van der Waals surface area contributed by atoms with E-state index in [4.69, 9.17) is 18.7 Å². The van der Waals surface area contributed by atoms with Crippen LogP contribution in [0.3, 0.4) is 0 Å². The van der Waals surface area contributed by atoms with Crippen LogP contribution in [-0.2, 0) is 9.53 Å². The number of nitrogens with zero attached hydrogens (tertiary/aromatic N) is 1. The number of anilines is 1. The van der Waals surface area contributed by atoms with Gasteiger partial charge in [0.1, 0.15) is 17.1 Å². The molecule has 0 fully saturated rings. The lowest BCUT2D eigenvalue weighted by Crippen LogP contribution is -2.21. The first-order valence-electron chi connectivity index (χ1n) is 8.02. The number of ether oxygens (including phenoxy) is 3. The van der Waals surface area contributed by atoms with Crippen LogP contribution in [0.1, 0.15) is 41.6 Å². The quantitative estimate of drug-likeness (QED) is 0.756. The first-order valence-corrected chi connectivity index (χ1v) is 8.02. The third-order valence-corrected chi connectivity index (χ3v) is 3.59. The molecule has 0 radical (unpaired) electrons. The number of nitrogens with one attached hydrogen (secondary N) is 1. The van der Waals surface area contributed by atoms with Gasteiger partial charge in [0.05, 0.1) is 19.9 Å². The number of aryl methyl sites for hydroxylation is 1. The third-order valence-electron chi connectivity index (χ3n) is 3.59. The highest BCUT2D eigenvalue weighted by Crippen LogP contribution is 2.26. The zero-order chi connectivity index (χ0) is 19.3. The molecule has 0 aliphatic heterocycles. The number of aromatic nitrogens is 1. The van der Waals surface area contributed by atoms with Crippen molar-refractivity contribution in [3.8, 4) is 11.5 Å². The molecule has 1 aromatic carbocycles. The maximum atomic E-state index is 12.3. The summed E-state index contributed by atoms with van der Waals surface area (Å²) in [6.07, 6.45) is 0. The van der Waals surface area contributed by atoms with E-state index in [2.05, 4.69) is 10.5 Å². The van der Waals surface area contributed by atoms with E-state index in [1.54, 1.807) is 25.1 Å². The lowest BCUT2D eigenvalue weighted by atomic mass is 10.1. The molecule has 0 atom stereocenters. The van der Waals surface area contributed by atoms with Crippen molar-refractivity contribution in [2.45, 2.75) is 26.7 Å². The molecule has 8 heteroatoms. The van der Waals surface area contributed by atoms with Crippen molar-refractivity contribution in [1.82, 2.24) is 5.16 Å². The van der Waals surface area contributed by atoms with E-state index in [1.807, 2.05) is 13.8 Å². The molecule has 1 N–H and O–H groups in total. The monoisotopic (exact) mass is 362 g/mol. The molecule has 1 aromatic heterocycles. The minimum atomic E-state index is -0.647. The summed E-state index contributed by atoms with van der Waals surface area (Å²) in [5, 5.41) is 6.42. The largest absolute Gasteiger partial charge is 0.497 e. The van der Waals surface area contributed by atoms with Gasteiger partial charge in [-0.1, -0.05) is 19.0 Å². The fourth-order valence-corrected chi connectivity index (χ4v) is 2.31. The number of carbonyl (C=O) groups is 2. The molecule has 0 unspecified atom stereocenters. The third kappa shape index (κ3) is 4.53. The van der Waals surface area contributed by atoms with Crippen LogP contribution in [0.25, 0.3) is 0 Å². The van der Waals surface area contributed by atoms with Gasteiger partial charge in [-0.15, -0.1) is 0 Å². The zero-order valence-corrected chi connectivity index (χ0v) is 15.4. The minimum Gasteiger partial charge on any atom is -0.497 e. The summed E-state index contributed by atoms with van der Waals surface area (Å²) in [6.45, 7) is 4.95. The standard InChI is InChI=1S/C18H22N2O6/c1-10(2)17-16(11(3)20-26-17)18(22)25-9-15(21)19-12-6-13(23-4)8-14(7-12)24-5/h6-8,10H,9H2,1-5H3,(H,19,21).